The van der Waals surface area contributed by atoms with Crippen LogP contribution < -0.4 is 9.47 Å². The van der Waals surface area contributed by atoms with Crippen molar-refractivity contribution in [2.75, 3.05) is 33.9 Å². The van der Waals surface area contributed by atoms with Crippen LogP contribution in [0.1, 0.15) is 38.3 Å². The minimum atomic E-state index is -3.47. The molecule has 7 heteroatoms. The van der Waals surface area contributed by atoms with E-state index in [0.717, 1.165) is 18.4 Å². The fraction of sp³-hybridized carbons (Fsp3) is 0.625. The highest BCUT2D eigenvalue weighted by atomic mass is 32.2. The van der Waals surface area contributed by atoms with Crippen molar-refractivity contribution in [2.24, 2.45) is 0 Å². The van der Waals surface area contributed by atoms with Crippen molar-refractivity contribution < 1.29 is 17.9 Å². The van der Waals surface area contributed by atoms with Crippen LogP contribution in [0.5, 0.6) is 11.5 Å². The summed E-state index contributed by atoms with van der Waals surface area (Å²) in [5.74, 6) is 1.39. The van der Waals surface area contributed by atoms with E-state index in [1.165, 1.54) is 4.31 Å². The topological polar surface area (TPSA) is 59.1 Å². The standard InChI is InChI=1S/C16H26N2O4S/c1-5-17(6-2)23(19,20)18-11-7-8-15(18)14-12-13(21-3)9-10-16(14)22-4/h9-10,12,15H,5-8,11H2,1-4H3. The number of ether oxygens (including phenoxy) is 2. The minimum Gasteiger partial charge on any atom is -0.497 e. The normalized spacial score (nSPS) is 19.3. The van der Waals surface area contributed by atoms with Crippen molar-refractivity contribution in [1.82, 2.24) is 8.61 Å². The van der Waals surface area contributed by atoms with Gasteiger partial charge in [0.2, 0.25) is 0 Å². The molecule has 0 amide bonds. The van der Waals surface area contributed by atoms with Crippen molar-refractivity contribution in [3.8, 4) is 11.5 Å². The monoisotopic (exact) mass is 342 g/mol. The number of hydrogen-bond donors (Lipinski definition) is 0. The number of nitrogens with zero attached hydrogens (tertiary/aromatic N) is 2. The number of benzene rings is 1. The summed E-state index contributed by atoms with van der Waals surface area (Å²) < 4.78 is 39.6. The lowest BCUT2D eigenvalue weighted by Crippen LogP contribution is -2.43. The highest BCUT2D eigenvalue weighted by Crippen LogP contribution is 2.40. The zero-order chi connectivity index (χ0) is 17.0. The highest BCUT2D eigenvalue weighted by Gasteiger charge is 2.39. The molecule has 23 heavy (non-hydrogen) atoms. The fourth-order valence-corrected chi connectivity index (χ4v) is 4.97. The minimum absolute atomic E-state index is 0.217. The molecule has 1 heterocycles. The summed E-state index contributed by atoms with van der Waals surface area (Å²) in [5, 5.41) is 0. The average molecular weight is 342 g/mol. The van der Waals surface area contributed by atoms with E-state index in [1.54, 1.807) is 18.5 Å². The summed E-state index contributed by atoms with van der Waals surface area (Å²) in [6.45, 7) is 5.19. The quantitative estimate of drug-likeness (QED) is 0.764. The van der Waals surface area contributed by atoms with E-state index in [4.69, 9.17) is 9.47 Å². The van der Waals surface area contributed by atoms with Crippen LogP contribution in [-0.2, 0) is 10.2 Å². The third kappa shape index (κ3) is 3.46. The molecule has 0 radical (unpaired) electrons. The predicted molar refractivity (Wildman–Crippen MR) is 90.1 cm³/mol. The van der Waals surface area contributed by atoms with Gasteiger partial charge in [-0.1, -0.05) is 13.8 Å². The summed E-state index contributed by atoms with van der Waals surface area (Å²) in [7, 11) is -0.270. The summed E-state index contributed by atoms with van der Waals surface area (Å²) in [4.78, 5) is 0. The maximum atomic E-state index is 12.9. The third-order valence-electron chi connectivity index (χ3n) is 4.33. The van der Waals surface area contributed by atoms with Crippen LogP contribution in [-0.4, -0.2) is 50.9 Å². The summed E-state index contributed by atoms with van der Waals surface area (Å²) >= 11 is 0. The zero-order valence-corrected chi connectivity index (χ0v) is 15.1. The molecule has 0 saturated carbocycles. The molecule has 0 spiro atoms. The van der Waals surface area contributed by atoms with Crippen LogP contribution >= 0.6 is 0 Å². The molecular formula is C16H26N2O4S. The molecule has 0 aliphatic carbocycles. The first-order chi connectivity index (χ1) is 11.0. The fourth-order valence-electron chi connectivity index (χ4n) is 3.13. The number of rotatable bonds is 7. The van der Waals surface area contributed by atoms with Crippen LogP contribution in [0, 0.1) is 0 Å². The second kappa shape index (κ2) is 7.51. The van der Waals surface area contributed by atoms with Crippen molar-refractivity contribution in [3.63, 3.8) is 0 Å². The smallest absolute Gasteiger partial charge is 0.282 e. The Hall–Kier alpha value is -1.31. The molecule has 0 aromatic heterocycles. The van der Waals surface area contributed by atoms with Crippen LogP contribution in [0.25, 0.3) is 0 Å². The zero-order valence-electron chi connectivity index (χ0n) is 14.3. The molecular weight excluding hydrogens is 316 g/mol. The van der Waals surface area contributed by atoms with Gasteiger partial charge in [0.05, 0.1) is 20.3 Å². The molecule has 1 atom stereocenters. The summed E-state index contributed by atoms with van der Waals surface area (Å²) in [6.07, 6.45) is 1.62. The molecule has 0 N–H and O–H groups in total. The van der Waals surface area contributed by atoms with Gasteiger partial charge in [-0.2, -0.15) is 17.0 Å². The SMILES string of the molecule is CCN(CC)S(=O)(=O)N1CCCC1c1cc(OC)ccc1OC. The van der Waals surface area contributed by atoms with E-state index in [9.17, 15) is 8.42 Å². The molecule has 1 saturated heterocycles. The average Bonchev–Trinajstić information content (AvgIpc) is 3.05. The van der Waals surface area contributed by atoms with Gasteiger partial charge in [-0.15, -0.1) is 0 Å². The lowest BCUT2D eigenvalue weighted by atomic mass is 10.0. The van der Waals surface area contributed by atoms with Gasteiger partial charge in [0.25, 0.3) is 10.2 Å². The molecule has 130 valence electrons. The molecule has 1 unspecified atom stereocenters. The Morgan fingerprint density at radius 2 is 1.91 bits per heavy atom. The molecule has 2 rings (SSSR count). The lowest BCUT2D eigenvalue weighted by Gasteiger charge is -2.30. The van der Waals surface area contributed by atoms with E-state index in [2.05, 4.69) is 0 Å². The molecule has 6 nitrogen and oxygen atoms in total. The van der Waals surface area contributed by atoms with Crippen molar-refractivity contribution in [2.45, 2.75) is 32.7 Å². The first-order valence-corrected chi connectivity index (χ1v) is 9.38. The van der Waals surface area contributed by atoms with Gasteiger partial charge in [0, 0.05) is 25.2 Å². The Morgan fingerprint density at radius 3 is 2.48 bits per heavy atom. The molecule has 1 fully saturated rings. The summed E-state index contributed by atoms with van der Waals surface area (Å²) in [6, 6.07) is 5.31. The van der Waals surface area contributed by atoms with E-state index >= 15 is 0 Å². The van der Waals surface area contributed by atoms with Gasteiger partial charge in [-0.05, 0) is 31.0 Å². The second-order valence-electron chi connectivity index (χ2n) is 5.47. The first-order valence-electron chi connectivity index (χ1n) is 7.98. The van der Waals surface area contributed by atoms with Gasteiger partial charge >= 0.3 is 0 Å². The number of methoxy groups -OCH3 is 2. The van der Waals surface area contributed by atoms with Gasteiger partial charge in [-0.25, -0.2) is 0 Å². The first kappa shape index (κ1) is 18.0. The van der Waals surface area contributed by atoms with E-state index in [1.807, 2.05) is 32.0 Å². The second-order valence-corrected chi connectivity index (χ2v) is 7.35. The predicted octanol–water partition coefficient (Wildman–Crippen LogP) is 2.43. The third-order valence-corrected chi connectivity index (χ3v) is 6.53. The van der Waals surface area contributed by atoms with Crippen molar-refractivity contribution >= 4 is 10.2 Å². The number of hydrogen-bond acceptors (Lipinski definition) is 4. The van der Waals surface area contributed by atoms with E-state index < -0.39 is 10.2 Å². The Morgan fingerprint density at radius 1 is 1.22 bits per heavy atom. The Balaban J connectivity index is 2.43. The molecule has 1 aromatic rings. The van der Waals surface area contributed by atoms with Crippen molar-refractivity contribution in [1.29, 1.82) is 0 Å². The molecule has 1 aliphatic rings. The maximum Gasteiger partial charge on any atom is 0.282 e. The Bertz CT molecular complexity index is 629. The highest BCUT2D eigenvalue weighted by molar-refractivity contribution is 7.86. The molecule has 0 bridgehead atoms. The molecule has 1 aliphatic heterocycles. The Labute approximate surface area is 139 Å². The largest absolute Gasteiger partial charge is 0.497 e. The van der Waals surface area contributed by atoms with E-state index in [0.29, 0.717) is 31.1 Å². The van der Waals surface area contributed by atoms with Gasteiger partial charge in [-0.3, -0.25) is 0 Å². The summed E-state index contributed by atoms with van der Waals surface area (Å²) in [5.41, 5.74) is 0.861. The van der Waals surface area contributed by atoms with Crippen LogP contribution in [0.3, 0.4) is 0 Å². The molecule has 1 aromatic carbocycles. The van der Waals surface area contributed by atoms with Crippen LogP contribution in [0.2, 0.25) is 0 Å². The van der Waals surface area contributed by atoms with Gasteiger partial charge in [0.15, 0.2) is 0 Å². The van der Waals surface area contributed by atoms with Crippen molar-refractivity contribution in [3.05, 3.63) is 23.8 Å². The van der Waals surface area contributed by atoms with Crippen LogP contribution in [0.15, 0.2) is 18.2 Å². The lowest BCUT2D eigenvalue weighted by molar-refractivity contribution is 0.327. The maximum absolute atomic E-state index is 12.9. The van der Waals surface area contributed by atoms with E-state index in [-0.39, 0.29) is 6.04 Å². The van der Waals surface area contributed by atoms with Crippen LogP contribution in [0.4, 0.5) is 0 Å². The van der Waals surface area contributed by atoms with Gasteiger partial charge < -0.3 is 9.47 Å². The van der Waals surface area contributed by atoms with Gasteiger partial charge in [0.1, 0.15) is 11.5 Å². The Kier molecular flexibility index (Phi) is 5.89.